The molecule has 2 amide bonds. The van der Waals surface area contributed by atoms with Gasteiger partial charge in [-0.2, -0.15) is 0 Å². The summed E-state index contributed by atoms with van der Waals surface area (Å²) >= 11 is 0. The van der Waals surface area contributed by atoms with Crippen LogP contribution in [0.15, 0.2) is 23.0 Å². The topological polar surface area (TPSA) is 89.9 Å². The van der Waals surface area contributed by atoms with Crippen LogP contribution >= 0.6 is 0 Å². The molecule has 2 atom stereocenters. The fraction of sp³-hybridized carbons (Fsp3) is 0.409. The second-order valence-electron chi connectivity index (χ2n) is 7.72. The minimum absolute atomic E-state index is 0.0659. The lowest BCUT2D eigenvalue weighted by Crippen LogP contribution is -2.44. The maximum atomic E-state index is 14.0. The zero-order valence-electron chi connectivity index (χ0n) is 17.9. The summed E-state index contributed by atoms with van der Waals surface area (Å²) in [6, 6.07) is 2.83. The molecule has 0 saturated carbocycles. The molecule has 2 aliphatic rings. The molecule has 0 spiro atoms. The molecule has 1 aromatic heterocycles. The van der Waals surface area contributed by atoms with Crippen LogP contribution in [0.2, 0.25) is 0 Å². The van der Waals surface area contributed by atoms with E-state index in [9.17, 15) is 23.2 Å². The van der Waals surface area contributed by atoms with Crippen molar-refractivity contribution in [1.29, 1.82) is 0 Å². The van der Waals surface area contributed by atoms with Gasteiger partial charge in [0.2, 0.25) is 5.43 Å². The molecular formula is C22H23F2N3O5. The normalized spacial score (nSPS) is 19.2. The third kappa shape index (κ3) is 3.35. The maximum Gasteiger partial charge on any atom is 0.274 e. The van der Waals surface area contributed by atoms with E-state index in [-0.39, 0.29) is 41.1 Å². The van der Waals surface area contributed by atoms with Crippen molar-refractivity contribution >= 4 is 11.8 Å². The first-order chi connectivity index (χ1) is 15.3. The second-order valence-corrected chi connectivity index (χ2v) is 7.72. The molecule has 1 N–H and O–H groups in total. The van der Waals surface area contributed by atoms with Gasteiger partial charge in [-0.15, -0.1) is 0 Å². The number of aromatic nitrogens is 1. The Morgan fingerprint density at radius 2 is 2.00 bits per heavy atom. The number of nitrogens with zero attached hydrogens (tertiary/aromatic N) is 2. The highest BCUT2D eigenvalue weighted by Gasteiger charge is 2.45. The fourth-order valence-electron chi connectivity index (χ4n) is 4.51. The van der Waals surface area contributed by atoms with Crippen molar-refractivity contribution in [3.05, 3.63) is 62.6 Å². The van der Waals surface area contributed by atoms with E-state index in [0.29, 0.717) is 31.3 Å². The molecule has 2 aliphatic heterocycles. The fourth-order valence-corrected chi connectivity index (χ4v) is 4.51. The van der Waals surface area contributed by atoms with E-state index >= 15 is 0 Å². The van der Waals surface area contributed by atoms with Gasteiger partial charge >= 0.3 is 0 Å². The van der Waals surface area contributed by atoms with Crippen LogP contribution in [0, 0.1) is 11.6 Å². The Balaban J connectivity index is 1.81. The molecule has 0 aliphatic carbocycles. The Morgan fingerprint density at radius 3 is 2.62 bits per heavy atom. The van der Waals surface area contributed by atoms with Crippen LogP contribution in [-0.2, 0) is 11.3 Å². The molecule has 0 fully saturated rings. The first-order valence-electron chi connectivity index (χ1n) is 10.2. The lowest BCUT2D eigenvalue weighted by Gasteiger charge is -2.34. The van der Waals surface area contributed by atoms with Gasteiger partial charge in [-0.3, -0.25) is 14.4 Å². The highest BCUT2D eigenvalue weighted by Crippen LogP contribution is 2.43. The standard InChI is InChI=1S/C22H23F2N3O5/c1-4-26-10-13-8-15(31-2)17-16(19(28)20(32-3)18(22(26)30)27(13)17)21(29)25-9-11-5-6-12(23)7-14(11)24/h5-7,13,15H,4,8-10H2,1-3H3,(H,25,29)/t13-,15+/m0/s1. The van der Waals surface area contributed by atoms with Gasteiger partial charge in [-0.1, -0.05) is 6.07 Å². The average molecular weight is 447 g/mol. The summed E-state index contributed by atoms with van der Waals surface area (Å²) in [5.74, 6) is -2.86. The van der Waals surface area contributed by atoms with Crippen LogP contribution in [0.25, 0.3) is 0 Å². The summed E-state index contributed by atoms with van der Waals surface area (Å²) in [6.07, 6.45) is -0.0995. The summed E-state index contributed by atoms with van der Waals surface area (Å²) in [7, 11) is 2.74. The van der Waals surface area contributed by atoms with Gasteiger partial charge in [0.05, 0.1) is 18.8 Å². The maximum absolute atomic E-state index is 14.0. The van der Waals surface area contributed by atoms with E-state index in [0.717, 1.165) is 6.07 Å². The third-order valence-electron chi connectivity index (χ3n) is 6.03. The summed E-state index contributed by atoms with van der Waals surface area (Å²) in [6.45, 7) is 2.48. The Hall–Kier alpha value is -3.27. The monoisotopic (exact) mass is 447 g/mol. The number of carbonyl (C=O) groups excluding carboxylic acids is 2. The van der Waals surface area contributed by atoms with Gasteiger partial charge in [0, 0.05) is 44.8 Å². The molecule has 8 nitrogen and oxygen atoms in total. The van der Waals surface area contributed by atoms with E-state index < -0.39 is 29.1 Å². The van der Waals surface area contributed by atoms with Gasteiger partial charge in [0.25, 0.3) is 11.8 Å². The largest absolute Gasteiger partial charge is 0.491 e. The average Bonchev–Trinajstić information content (AvgIpc) is 3.13. The van der Waals surface area contributed by atoms with Crippen LogP contribution < -0.4 is 15.5 Å². The number of amides is 2. The van der Waals surface area contributed by atoms with E-state index in [1.165, 1.54) is 20.3 Å². The van der Waals surface area contributed by atoms with Crippen molar-refractivity contribution < 1.29 is 27.8 Å². The van der Waals surface area contributed by atoms with E-state index in [1.54, 1.807) is 9.47 Å². The Labute approximate surface area is 182 Å². The van der Waals surface area contributed by atoms with Gasteiger partial charge in [0.1, 0.15) is 23.3 Å². The van der Waals surface area contributed by atoms with E-state index in [2.05, 4.69) is 5.32 Å². The number of nitrogens with one attached hydrogen (secondary N) is 1. The quantitative estimate of drug-likeness (QED) is 0.733. The number of likely N-dealkylation sites (N-methyl/N-ethyl adjacent to an activating group) is 1. The SMILES string of the molecule is CCN1C[C@@H]2C[C@@H](OC)c3c(C(=O)NCc4ccc(F)cc4F)c(=O)c(OC)c(n32)C1=O. The van der Waals surface area contributed by atoms with Crippen molar-refractivity contribution in [2.45, 2.75) is 32.0 Å². The zero-order chi connectivity index (χ0) is 23.2. The molecule has 10 heteroatoms. The number of hydrogen-bond acceptors (Lipinski definition) is 5. The van der Waals surface area contributed by atoms with Crippen molar-refractivity contribution in [1.82, 2.24) is 14.8 Å². The van der Waals surface area contributed by atoms with Crippen LogP contribution in [0.3, 0.4) is 0 Å². The first kappa shape index (κ1) is 21.9. The number of carbonyl (C=O) groups is 2. The first-order valence-corrected chi connectivity index (χ1v) is 10.2. The number of rotatable bonds is 6. The van der Waals surface area contributed by atoms with Crippen molar-refractivity contribution in [2.24, 2.45) is 0 Å². The number of halogens is 2. The number of benzene rings is 1. The summed E-state index contributed by atoms with van der Waals surface area (Å²) in [5.41, 5.74) is -0.470. The smallest absolute Gasteiger partial charge is 0.274 e. The molecule has 32 heavy (non-hydrogen) atoms. The lowest BCUT2D eigenvalue weighted by molar-refractivity contribution is 0.0652. The van der Waals surface area contributed by atoms with Crippen molar-refractivity contribution in [3.8, 4) is 5.75 Å². The minimum atomic E-state index is -0.810. The Kier molecular flexibility index (Phi) is 5.72. The molecule has 0 saturated heterocycles. The van der Waals surface area contributed by atoms with Gasteiger partial charge in [0.15, 0.2) is 11.4 Å². The van der Waals surface area contributed by atoms with Crippen LogP contribution in [0.5, 0.6) is 5.75 Å². The van der Waals surface area contributed by atoms with Gasteiger partial charge < -0.3 is 24.3 Å². The highest BCUT2D eigenvalue weighted by molar-refractivity contribution is 6.00. The molecule has 0 radical (unpaired) electrons. The molecule has 4 rings (SSSR count). The van der Waals surface area contributed by atoms with E-state index in [4.69, 9.17) is 9.47 Å². The third-order valence-corrected chi connectivity index (χ3v) is 6.03. The Morgan fingerprint density at radius 1 is 1.25 bits per heavy atom. The number of hydrogen-bond donors (Lipinski definition) is 1. The summed E-state index contributed by atoms with van der Waals surface area (Å²) in [5, 5.41) is 2.52. The zero-order valence-corrected chi connectivity index (χ0v) is 17.9. The number of ether oxygens (including phenoxy) is 2. The summed E-state index contributed by atoms with van der Waals surface area (Å²) < 4.78 is 39.6. The Bertz CT molecular complexity index is 1160. The molecule has 1 aromatic carbocycles. The number of pyridine rings is 1. The van der Waals surface area contributed by atoms with E-state index in [1.807, 2.05) is 6.92 Å². The van der Waals surface area contributed by atoms with Gasteiger partial charge in [-0.25, -0.2) is 8.78 Å². The molecule has 170 valence electrons. The van der Waals surface area contributed by atoms with Crippen molar-refractivity contribution in [3.63, 3.8) is 0 Å². The molecular weight excluding hydrogens is 424 g/mol. The number of methoxy groups -OCH3 is 2. The predicted octanol–water partition coefficient (Wildman–Crippen LogP) is 2.17. The van der Waals surface area contributed by atoms with Crippen molar-refractivity contribution in [2.75, 3.05) is 27.3 Å². The molecule has 3 heterocycles. The lowest BCUT2D eigenvalue weighted by atomic mass is 10.1. The van der Waals surface area contributed by atoms with Crippen LogP contribution in [0.4, 0.5) is 8.78 Å². The highest BCUT2D eigenvalue weighted by atomic mass is 19.1. The van der Waals surface area contributed by atoms with Gasteiger partial charge in [-0.05, 0) is 13.0 Å². The molecule has 0 bridgehead atoms. The summed E-state index contributed by atoms with van der Waals surface area (Å²) in [4.78, 5) is 41.0. The van der Waals surface area contributed by atoms with Crippen LogP contribution in [-0.4, -0.2) is 48.6 Å². The second kappa shape index (κ2) is 8.34. The minimum Gasteiger partial charge on any atom is -0.491 e. The predicted molar refractivity (Wildman–Crippen MR) is 110 cm³/mol. The molecule has 0 unspecified atom stereocenters. The van der Waals surface area contributed by atoms with Crippen LogP contribution in [0.1, 0.15) is 57.6 Å². The molecule has 2 aromatic rings.